The summed E-state index contributed by atoms with van der Waals surface area (Å²) in [5, 5.41) is 13.5. The van der Waals surface area contributed by atoms with Gasteiger partial charge in [-0.05, 0) is 50.3 Å². The van der Waals surface area contributed by atoms with Crippen molar-refractivity contribution >= 4 is 47.8 Å². The minimum atomic E-state index is -2.95. The van der Waals surface area contributed by atoms with Crippen molar-refractivity contribution in [2.24, 2.45) is 23.6 Å². The third-order valence-corrected chi connectivity index (χ3v) is 11.7. The Hall–Kier alpha value is -2.44. The summed E-state index contributed by atoms with van der Waals surface area (Å²) in [6.45, 7) is 2.87. The highest BCUT2D eigenvalue weighted by atomic mass is 32.5. The van der Waals surface area contributed by atoms with E-state index >= 15 is 0 Å². The molecular weight excluding hydrogens is 767 g/mol. The van der Waals surface area contributed by atoms with Crippen LogP contribution in [0.25, 0.3) is 0 Å². The Kier molecular flexibility index (Phi) is 28.2. The third-order valence-electron chi connectivity index (χ3n) is 8.30. The number of hydrogen-bond donors (Lipinski definition) is 9. The van der Waals surface area contributed by atoms with E-state index in [1.54, 1.807) is 13.8 Å². The minimum absolute atomic E-state index is 0.0303. The van der Waals surface area contributed by atoms with Crippen LogP contribution in [0, 0.1) is 5.92 Å². The van der Waals surface area contributed by atoms with Gasteiger partial charge < -0.3 is 64.7 Å². The highest BCUT2D eigenvalue weighted by Gasteiger charge is 2.33. The van der Waals surface area contributed by atoms with E-state index in [1.165, 1.54) is 0 Å². The number of nitrogens with one attached hydrogen (secondary N) is 5. The second-order valence-electron chi connectivity index (χ2n) is 12.9. The molecule has 0 aromatic carbocycles. The predicted octanol–water partition coefficient (Wildman–Crippen LogP) is -2.13. The Labute approximate surface area is 327 Å². The molecule has 1 saturated carbocycles. The molecule has 320 valence electrons. The zero-order valence-electron chi connectivity index (χ0n) is 32.0. The lowest BCUT2D eigenvalue weighted by atomic mass is 9.86. The predicted molar refractivity (Wildman–Crippen MR) is 203 cm³/mol. The van der Waals surface area contributed by atoms with Crippen molar-refractivity contribution in [3.8, 4) is 0 Å². The number of carbonyl (C=O) groups is 5. The van der Waals surface area contributed by atoms with Crippen molar-refractivity contribution in [3.05, 3.63) is 0 Å². The van der Waals surface area contributed by atoms with Crippen molar-refractivity contribution in [2.45, 2.75) is 89.1 Å². The van der Waals surface area contributed by atoms with Crippen LogP contribution in [0.1, 0.15) is 65.2 Å². The zero-order chi connectivity index (χ0) is 40.9. The molecule has 21 nitrogen and oxygen atoms in total. The lowest BCUT2D eigenvalue weighted by molar-refractivity contribution is -0.133. The molecule has 3 atom stereocenters. The molecule has 1 aliphatic carbocycles. The first-order chi connectivity index (χ1) is 26.3. The van der Waals surface area contributed by atoms with Crippen molar-refractivity contribution < 1.29 is 62.1 Å². The summed E-state index contributed by atoms with van der Waals surface area (Å²) < 4.78 is 21.7. The molecule has 0 aromatic heterocycles. The van der Waals surface area contributed by atoms with E-state index in [0.29, 0.717) is 25.7 Å². The van der Waals surface area contributed by atoms with Gasteiger partial charge in [0.25, 0.3) is 0 Å². The summed E-state index contributed by atoms with van der Waals surface area (Å²) in [5.74, 6) is 12.1. The fourth-order valence-corrected chi connectivity index (χ4v) is 6.37. The Balaban J connectivity index is 2.87. The Bertz CT molecular complexity index is 1170. The number of carbonyl (C=O) groups excluding carboxylic acids is 5. The summed E-state index contributed by atoms with van der Waals surface area (Å²) in [4.78, 5) is 89.1. The van der Waals surface area contributed by atoms with Crippen molar-refractivity contribution in [2.75, 3.05) is 79.1 Å². The third kappa shape index (κ3) is 24.1. The number of amides is 5. The molecule has 0 aromatic rings. The van der Waals surface area contributed by atoms with E-state index in [1.807, 2.05) is 0 Å². The largest absolute Gasteiger partial charge is 0.377 e. The van der Waals surface area contributed by atoms with E-state index in [4.69, 9.17) is 48.2 Å². The van der Waals surface area contributed by atoms with Crippen LogP contribution in [0.5, 0.6) is 0 Å². The van der Waals surface area contributed by atoms with Crippen molar-refractivity contribution in [1.29, 1.82) is 0 Å². The summed E-state index contributed by atoms with van der Waals surface area (Å²) in [5.41, 5.74) is -0.190. The SMILES string of the molecule is CC(C)P(O)(=S)OC1CCC(C(=O)NC(CCC(=O)NC(CCC(=O)NCCOCCON)C(=O)NCCOCCON)C(=O)NCCOCCON)CC1. The molecule has 0 saturated heterocycles. The molecular formula is C32H63N8O13PS. The van der Waals surface area contributed by atoms with E-state index in [0.717, 1.165) is 0 Å². The summed E-state index contributed by atoms with van der Waals surface area (Å²) in [7, 11) is 0. The molecule has 1 aliphatic rings. The summed E-state index contributed by atoms with van der Waals surface area (Å²) in [6, 6.07) is -2.18. The van der Waals surface area contributed by atoms with Gasteiger partial charge in [0, 0.05) is 44.1 Å². The van der Waals surface area contributed by atoms with Gasteiger partial charge >= 0.3 is 0 Å². The normalized spacial score (nSPS) is 17.8. The summed E-state index contributed by atoms with van der Waals surface area (Å²) in [6.07, 6.45) is 1.24. The molecule has 0 heterocycles. The molecule has 0 radical (unpaired) electrons. The van der Waals surface area contributed by atoms with E-state index in [2.05, 4.69) is 41.1 Å². The number of hydrogen-bond acceptors (Lipinski definition) is 16. The first-order valence-corrected chi connectivity index (χ1v) is 21.2. The smallest absolute Gasteiger partial charge is 0.242 e. The van der Waals surface area contributed by atoms with Gasteiger partial charge in [-0.25, -0.2) is 17.7 Å². The van der Waals surface area contributed by atoms with Crippen LogP contribution in [0.2, 0.25) is 0 Å². The summed E-state index contributed by atoms with van der Waals surface area (Å²) >= 11 is 5.27. The van der Waals surface area contributed by atoms with Crippen LogP contribution in [0.3, 0.4) is 0 Å². The fourth-order valence-electron chi connectivity index (χ4n) is 5.13. The molecule has 5 amide bonds. The van der Waals surface area contributed by atoms with Crippen LogP contribution < -0.4 is 44.3 Å². The Morgan fingerprint density at radius 3 is 1.55 bits per heavy atom. The van der Waals surface area contributed by atoms with E-state index in [9.17, 15) is 28.9 Å². The number of ether oxygens (including phenoxy) is 3. The maximum atomic E-state index is 13.4. The van der Waals surface area contributed by atoms with Gasteiger partial charge in [0.05, 0.1) is 65.6 Å². The van der Waals surface area contributed by atoms with Crippen molar-refractivity contribution in [3.63, 3.8) is 0 Å². The molecule has 12 N–H and O–H groups in total. The second kappa shape index (κ2) is 30.7. The number of nitrogens with two attached hydrogens (primary N) is 3. The number of rotatable bonds is 32. The van der Waals surface area contributed by atoms with Gasteiger partial charge in [0.15, 0.2) is 6.49 Å². The molecule has 0 aliphatic heterocycles. The van der Waals surface area contributed by atoms with Crippen LogP contribution >= 0.6 is 6.49 Å². The maximum Gasteiger partial charge on any atom is 0.242 e. The molecule has 0 bridgehead atoms. The van der Waals surface area contributed by atoms with E-state index < -0.39 is 42.2 Å². The average molecular weight is 831 g/mol. The molecule has 3 unspecified atom stereocenters. The van der Waals surface area contributed by atoms with Gasteiger partial charge in [-0.15, -0.1) is 0 Å². The van der Waals surface area contributed by atoms with Crippen LogP contribution in [0.4, 0.5) is 0 Å². The van der Waals surface area contributed by atoms with Gasteiger partial charge in [-0.1, -0.05) is 13.8 Å². The lowest BCUT2D eigenvalue weighted by Crippen LogP contribution is -2.51. The molecule has 1 fully saturated rings. The molecule has 0 spiro atoms. The first-order valence-electron chi connectivity index (χ1n) is 18.5. The quantitative estimate of drug-likeness (QED) is 0.0199. The standard InChI is InChI=1S/C32H63N8O13PS/c1-23(2)54(46,55)53-25-5-3-24(4-6-25)30(43)40-27(32(45)38-13-16-49-19-22-52-35)8-10-29(42)39-26(31(44)37-12-15-48-18-21-51-34)7-9-28(41)36-11-14-47-17-20-50-33/h23-27H,3-22,33-35H2,1-2H3,(H,36,41)(H,37,44)(H,38,45)(H,39,42)(H,40,43)(H,46,55). The van der Waals surface area contributed by atoms with Crippen LogP contribution in [-0.2, 0) is 69.0 Å². The molecule has 1 rings (SSSR count). The Morgan fingerprint density at radius 2 is 1.09 bits per heavy atom. The highest BCUT2D eigenvalue weighted by molar-refractivity contribution is 8.09. The van der Waals surface area contributed by atoms with Crippen LogP contribution in [0.15, 0.2) is 0 Å². The molecule has 55 heavy (non-hydrogen) atoms. The first kappa shape index (κ1) is 50.6. The highest BCUT2D eigenvalue weighted by Crippen LogP contribution is 2.50. The maximum absolute atomic E-state index is 13.4. The second-order valence-corrected chi connectivity index (χ2v) is 16.8. The zero-order valence-corrected chi connectivity index (χ0v) is 33.7. The topological polar surface area (TPSA) is 308 Å². The van der Waals surface area contributed by atoms with Crippen molar-refractivity contribution in [1.82, 2.24) is 26.6 Å². The monoisotopic (exact) mass is 830 g/mol. The average Bonchev–Trinajstić information content (AvgIpc) is 3.15. The molecule has 23 heteroatoms. The van der Waals surface area contributed by atoms with Gasteiger partial charge in [0.1, 0.15) is 12.1 Å². The lowest BCUT2D eigenvalue weighted by Gasteiger charge is -2.32. The van der Waals surface area contributed by atoms with E-state index in [-0.39, 0.29) is 128 Å². The van der Waals surface area contributed by atoms with Gasteiger partial charge in [0.2, 0.25) is 29.5 Å². The van der Waals surface area contributed by atoms with Crippen LogP contribution in [-0.4, -0.2) is 137 Å². The fraction of sp³-hybridized carbons (Fsp3) is 0.844. The Morgan fingerprint density at radius 1 is 0.655 bits per heavy atom. The van der Waals surface area contributed by atoms with Gasteiger partial charge in [-0.2, -0.15) is 0 Å². The van der Waals surface area contributed by atoms with Gasteiger partial charge in [-0.3, -0.25) is 24.0 Å². The minimum Gasteiger partial charge on any atom is -0.377 e.